The van der Waals surface area contributed by atoms with Gasteiger partial charge in [-0.2, -0.15) is 5.11 Å². The standard InChI is InChI=1S/C15H12BN5/c16-13-8-18-15-14(19-13)12(20-21-15)7-9-3-4-11-10(6-9)2-1-5-17-11/h1-6,8,12H,7,16H2. The molecule has 0 fully saturated rings. The van der Waals surface area contributed by atoms with Gasteiger partial charge in [-0.15, -0.1) is 5.11 Å². The molecule has 0 saturated carbocycles. The molecule has 5 nitrogen and oxygen atoms in total. The Morgan fingerprint density at radius 2 is 2.10 bits per heavy atom. The van der Waals surface area contributed by atoms with Crippen molar-refractivity contribution in [2.45, 2.75) is 12.5 Å². The molecule has 1 atom stereocenters. The van der Waals surface area contributed by atoms with E-state index in [4.69, 9.17) is 0 Å². The summed E-state index contributed by atoms with van der Waals surface area (Å²) in [5.41, 5.74) is 3.98. The van der Waals surface area contributed by atoms with Crippen molar-refractivity contribution in [2.75, 3.05) is 0 Å². The van der Waals surface area contributed by atoms with Crippen molar-refractivity contribution in [3.8, 4) is 0 Å². The first-order chi connectivity index (χ1) is 10.3. The lowest BCUT2D eigenvalue weighted by Gasteiger charge is -2.08. The van der Waals surface area contributed by atoms with E-state index in [1.165, 1.54) is 5.56 Å². The number of nitrogens with zero attached hydrogens (tertiary/aromatic N) is 5. The molecule has 1 aliphatic heterocycles. The van der Waals surface area contributed by atoms with Crippen molar-refractivity contribution < 1.29 is 0 Å². The third kappa shape index (κ3) is 2.18. The maximum atomic E-state index is 4.53. The van der Waals surface area contributed by atoms with Gasteiger partial charge in [0.15, 0.2) is 13.7 Å². The summed E-state index contributed by atoms with van der Waals surface area (Å²) in [6, 6.07) is 10.3. The Balaban J connectivity index is 1.67. The van der Waals surface area contributed by atoms with Crippen LogP contribution in [-0.4, -0.2) is 22.8 Å². The Bertz CT molecular complexity index is 862. The summed E-state index contributed by atoms with van der Waals surface area (Å²) < 4.78 is 0. The molecule has 6 heteroatoms. The third-order valence-corrected chi connectivity index (χ3v) is 3.60. The summed E-state index contributed by atoms with van der Waals surface area (Å²) in [4.78, 5) is 13.1. The average Bonchev–Trinajstić information content (AvgIpc) is 2.89. The lowest BCUT2D eigenvalue weighted by Crippen LogP contribution is -2.13. The molecule has 2 aromatic heterocycles. The number of rotatable bonds is 2. The third-order valence-electron chi connectivity index (χ3n) is 3.60. The van der Waals surface area contributed by atoms with Crippen molar-refractivity contribution >= 4 is 30.2 Å². The first-order valence-electron chi connectivity index (χ1n) is 6.88. The summed E-state index contributed by atoms with van der Waals surface area (Å²) in [6.07, 6.45) is 4.31. The Labute approximate surface area is 122 Å². The predicted molar refractivity (Wildman–Crippen MR) is 82.9 cm³/mol. The number of hydrogen-bond donors (Lipinski definition) is 0. The molecule has 0 radical (unpaired) electrons. The zero-order valence-electron chi connectivity index (χ0n) is 11.6. The van der Waals surface area contributed by atoms with Crippen LogP contribution in [0.2, 0.25) is 0 Å². The van der Waals surface area contributed by atoms with Crippen LogP contribution in [0, 0.1) is 0 Å². The molecule has 0 bridgehead atoms. The fraction of sp³-hybridized carbons (Fsp3) is 0.133. The van der Waals surface area contributed by atoms with Crippen LogP contribution < -0.4 is 5.59 Å². The summed E-state index contributed by atoms with van der Waals surface area (Å²) in [5, 5.41) is 9.56. The van der Waals surface area contributed by atoms with E-state index in [1.807, 2.05) is 26.2 Å². The Morgan fingerprint density at radius 3 is 3.05 bits per heavy atom. The molecular formula is C15H12BN5. The van der Waals surface area contributed by atoms with Gasteiger partial charge >= 0.3 is 0 Å². The van der Waals surface area contributed by atoms with E-state index in [1.54, 1.807) is 6.20 Å². The van der Waals surface area contributed by atoms with Crippen LogP contribution in [0.4, 0.5) is 5.82 Å². The monoisotopic (exact) mass is 273 g/mol. The maximum Gasteiger partial charge on any atom is 0.198 e. The van der Waals surface area contributed by atoms with Crippen LogP contribution in [0.5, 0.6) is 0 Å². The first kappa shape index (κ1) is 12.1. The molecule has 100 valence electrons. The number of azo groups is 1. The Morgan fingerprint density at radius 1 is 1.14 bits per heavy atom. The Hall–Kier alpha value is -2.63. The summed E-state index contributed by atoms with van der Waals surface area (Å²) in [5.74, 6) is 0.646. The van der Waals surface area contributed by atoms with E-state index in [-0.39, 0.29) is 6.04 Å². The normalized spacial score (nSPS) is 16.3. The van der Waals surface area contributed by atoms with Crippen LogP contribution in [0.15, 0.2) is 53.0 Å². The van der Waals surface area contributed by atoms with E-state index in [2.05, 4.69) is 43.4 Å². The number of benzene rings is 1. The maximum absolute atomic E-state index is 4.53. The Kier molecular flexibility index (Phi) is 2.74. The number of aromatic nitrogens is 3. The van der Waals surface area contributed by atoms with Gasteiger partial charge in [0.05, 0.1) is 5.52 Å². The fourth-order valence-electron chi connectivity index (χ4n) is 2.58. The molecule has 1 aliphatic rings. The SMILES string of the molecule is Bc1cnc2c(n1)C(Cc1ccc3ncccc3c1)N=N2. The molecule has 0 aliphatic carbocycles. The van der Waals surface area contributed by atoms with Gasteiger partial charge in [0.2, 0.25) is 0 Å². The van der Waals surface area contributed by atoms with Crippen molar-refractivity contribution in [3.63, 3.8) is 0 Å². The fourth-order valence-corrected chi connectivity index (χ4v) is 2.58. The van der Waals surface area contributed by atoms with E-state index >= 15 is 0 Å². The quantitative estimate of drug-likeness (QED) is 0.667. The van der Waals surface area contributed by atoms with Gasteiger partial charge in [-0.1, -0.05) is 12.1 Å². The smallest absolute Gasteiger partial charge is 0.198 e. The minimum Gasteiger partial charge on any atom is -0.261 e. The molecule has 21 heavy (non-hydrogen) atoms. The summed E-state index contributed by atoms with van der Waals surface area (Å²) >= 11 is 0. The molecule has 0 amide bonds. The summed E-state index contributed by atoms with van der Waals surface area (Å²) in [6.45, 7) is 0. The molecule has 3 aromatic rings. The molecule has 3 heterocycles. The van der Waals surface area contributed by atoms with Crippen molar-refractivity contribution in [1.82, 2.24) is 15.0 Å². The van der Waals surface area contributed by atoms with Crippen LogP contribution in [-0.2, 0) is 6.42 Å². The van der Waals surface area contributed by atoms with E-state index in [0.29, 0.717) is 5.82 Å². The van der Waals surface area contributed by atoms with E-state index in [9.17, 15) is 0 Å². The van der Waals surface area contributed by atoms with Gasteiger partial charge in [-0.25, -0.2) is 4.98 Å². The van der Waals surface area contributed by atoms with Crippen molar-refractivity contribution in [2.24, 2.45) is 10.2 Å². The van der Waals surface area contributed by atoms with Crippen LogP contribution in [0.1, 0.15) is 17.3 Å². The highest BCUT2D eigenvalue weighted by Gasteiger charge is 2.23. The number of hydrogen-bond acceptors (Lipinski definition) is 5. The van der Waals surface area contributed by atoms with Gasteiger partial charge in [0.25, 0.3) is 0 Å². The number of fused-ring (bicyclic) bond motifs is 2. The van der Waals surface area contributed by atoms with Crippen LogP contribution >= 0.6 is 0 Å². The topological polar surface area (TPSA) is 63.4 Å². The van der Waals surface area contributed by atoms with Gasteiger partial charge in [-0.05, 0) is 23.8 Å². The lowest BCUT2D eigenvalue weighted by atomic mass is 10.0. The van der Waals surface area contributed by atoms with Gasteiger partial charge in [0.1, 0.15) is 11.7 Å². The van der Waals surface area contributed by atoms with Crippen molar-refractivity contribution in [1.29, 1.82) is 0 Å². The molecule has 1 aromatic carbocycles. The van der Waals surface area contributed by atoms with Crippen LogP contribution in [0.25, 0.3) is 10.9 Å². The molecule has 0 spiro atoms. The first-order valence-corrected chi connectivity index (χ1v) is 6.88. The van der Waals surface area contributed by atoms with Gasteiger partial charge in [-0.3, -0.25) is 9.97 Å². The lowest BCUT2D eigenvalue weighted by molar-refractivity contribution is 0.701. The molecule has 0 N–H and O–H groups in total. The average molecular weight is 273 g/mol. The molecule has 0 saturated heterocycles. The highest BCUT2D eigenvalue weighted by Crippen LogP contribution is 2.33. The van der Waals surface area contributed by atoms with Gasteiger partial charge in [0, 0.05) is 29.8 Å². The summed E-state index contributed by atoms with van der Waals surface area (Å²) in [7, 11) is 1.93. The molecular weight excluding hydrogens is 261 g/mol. The second-order valence-electron chi connectivity index (χ2n) is 5.19. The molecule has 4 rings (SSSR count). The minimum absolute atomic E-state index is 0.0403. The highest BCUT2D eigenvalue weighted by atomic mass is 15.2. The largest absolute Gasteiger partial charge is 0.261 e. The van der Waals surface area contributed by atoms with Crippen LogP contribution in [0.3, 0.4) is 0 Å². The highest BCUT2D eigenvalue weighted by molar-refractivity contribution is 6.30. The van der Waals surface area contributed by atoms with Gasteiger partial charge < -0.3 is 0 Å². The van der Waals surface area contributed by atoms with E-state index in [0.717, 1.165) is 28.6 Å². The number of pyridine rings is 1. The molecule has 1 unspecified atom stereocenters. The van der Waals surface area contributed by atoms with Crippen molar-refractivity contribution in [3.05, 3.63) is 54.0 Å². The second kappa shape index (κ2) is 4.73. The zero-order chi connectivity index (χ0) is 14.2. The predicted octanol–water partition coefficient (Wildman–Crippen LogP) is 1.66. The second-order valence-corrected chi connectivity index (χ2v) is 5.19. The zero-order valence-corrected chi connectivity index (χ0v) is 11.6. The minimum atomic E-state index is -0.0403. The van der Waals surface area contributed by atoms with E-state index < -0.39 is 0 Å².